The molecule has 1 fully saturated rings. The summed E-state index contributed by atoms with van der Waals surface area (Å²) in [5.41, 5.74) is -0.128. The number of hydrogen-bond acceptors (Lipinski definition) is 2. The highest BCUT2D eigenvalue weighted by Gasteiger charge is 2.20. The van der Waals surface area contributed by atoms with Gasteiger partial charge in [-0.2, -0.15) is 0 Å². The molecule has 1 rings (SSSR count). The molecule has 0 radical (unpaired) electrons. The second kappa shape index (κ2) is 5.13. The van der Waals surface area contributed by atoms with Crippen LogP contribution < -0.4 is 0 Å². The molecule has 0 spiro atoms. The van der Waals surface area contributed by atoms with Gasteiger partial charge < -0.3 is 9.84 Å². The predicted octanol–water partition coefficient (Wildman–Crippen LogP) is 2.74. The summed E-state index contributed by atoms with van der Waals surface area (Å²) in [4.78, 5) is 0. The minimum absolute atomic E-state index is 0.128. The van der Waals surface area contributed by atoms with E-state index in [2.05, 4.69) is 0 Å². The third-order valence-corrected chi connectivity index (χ3v) is 2.79. The first kappa shape index (κ1) is 12.0. The van der Waals surface area contributed by atoms with Crippen molar-refractivity contribution in [2.75, 3.05) is 6.61 Å². The Kier molecular flexibility index (Phi) is 4.39. The molecule has 1 aliphatic rings. The molecule has 0 aliphatic heterocycles. The maximum Gasteiger partial charge on any atom is 0.0776 e. The van der Waals surface area contributed by atoms with Crippen LogP contribution in [0.15, 0.2) is 0 Å². The molecule has 1 N–H and O–H groups in total. The van der Waals surface area contributed by atoms with Crippen molar-refractivity contribution in [2.24, 2.45) is 5.92 Å². The Morgan fingerprint density at radius 3 is 2.36 bits per heavy atom. The summed E-state index contributed by atoms with van der Waals surface area (Å²) < 4.78 is 5.55. The number of rotatable bonds is 4. The SMILES string of the molecule is CC(C)(C)OC[C@H](O)CC1CCCC1. The Morgan fingerprint density at radius 2 is 1.86 bits per heavy atom. The standard InChI is InChI=1S/C12H24O2/c1-12(2,3)14-9-11(13)8-10-6-4-5-7-10/h10-11,13H,4-9H2,1-3H3/t11-/m1/s1. The highest BCUT2D eigenvalue weighted by atomic mass is 16.5. The van der Waals surface area contributed by atoms with E-state index in [4.69, 9.17) is 4.74 Å². The van der Waals surface area contributed by atoms with Crippen molar-refractivity contribution in [1.29, 1.82) is 0 Å². The van der Waals surface area contributed by atoms with Gasteiger partial charge in [0, 0.05) is 0 Å². The van der Waals surface area contributed by atoms with E-state index >= 15 is 0 Å². The molecule has 0 aromatic heterocycles. The Balaban J connectivity index is 2.12. The fourth-order valence-corrected chi connectivity index (χ4v) is 2.05. The van der Waals surface area contributed by atoms with Crippen LogP contribution >= 0.6 is 0 Å². The summed E-state index contributed by atoms with van der Waals surface area (Å²) in [6.45, 7) is 6.56. The Labute approximate surface area is 87.7 Å². The van der Waals surface area contributed by atoms with Crippen LogP contribution in [-0.4, -0.2) is 23.4 Å². The molecule has 14 heavy (non-hydrogen) atoms. The quantitative estimate of drug-likeness (QED) is 0.756. The smallest absolute Gasteiger partial charge is 0.0776 e. The molecule has 0 unspecified atom stereocenters. The maximum atomic E-state index is 9.75. The minimum Gasteiger partial charge on any atom is -0.391 e. The molecule has 2 heteroatoms. The first-order valence-corrected chi connectivity index (χ1v) is 5.79. The number of ether oxygens (including phenoxy) is 1. The highest BCUT2D eigenvalue weighted by molar-refractivity contribution is 4.71. The van der Waals surface area contributed by atoms with E-state index in [1.54, 1.807) is 0 Å². The third-order valence-electron chi connectivity index (χ3n) is 2.79. The molecule has 0 heterocycles. The van der Waals surface area contributed by atoms with Crippen LogP contribution in [0.4, 0.5) is 0 Å². The van der Waals surface area contributed by atoms with Crippen LogP contribution in [0.3, 0.4) is 0 Å². The van der Waals surface area contributed by atoms with Gasteiger partial charge in [0.25, 0.3) is 0 Å². The second-order valence-corrected chi connectivity index (χ2v) is 5.46. The number of aliphatic hydroxyl groups is 1. The van der Waals surface area contributed by atoms with E-state index in [1.807, 2.05) is 20.8 Å². The largest absolute Gasteiger partial charge is 0.391 e. The van der Waals surface area contributed by atoms with E-state index in [1.165, 1.54) is 25.7 Å². The van der Waals surface area contributed by atoms with Crippen molar-refractivity contribution in [3.8, 4) is 0 Å². The van der Waals surface area contributed by atoms with Gasteiger partial charge in [0.1, 0.15) is 0 Å². The topological polar surface area (TPSA) is 29.5 Å². The van der Waals surface area contributed by atoms with Gasteiger partial charge in [-0.25, -0.2) is 0 Å². The lowest BCUT2D eigenvalue weighted by Crippen LogP contribution is -2.27. The zero-order valence-electron chi connectivity index (χ0n) is 9.75. The summed E-state index contributed by atoms with van der Waals surface area (Å²) in [5.74, 6) is 0.744. The van der Waals surface area contributed by atoms with E-state index in [-0.39, 0.29) is 11.7 Å². The second-order valence-electron chi connectivity index (χ2n) is 5.46. The molecule has 2 nitrogen and oxygen atoms in total. The van der Waals surface area contributed by atoms with Gasteiger partial charge in [0.2, 0.25) is 0 Å². The van der Waals surface area contributed by atoms with E-state index in [0.29, 0.717) is 6.61 Å². The molecule has 1 atom stereocenters. The van der Waals surface area contributed by atoms with Gasteiger partial charge in [-0.15, -0.1) is 0 Å². The van der Waals surface area contributed by atoms with E-state index in [0.717, 1.165) is 12.3 Å². The first-order valence-electron chi connectivity index (χ1n) is 5.79. The van der Waals surface area contributed by atoms with Gasteiger partial charge in [-0.1, -0.05) is 25.7 Å². The van der Waals surface area contributed by atoms with Crippen molar-refractivity contribution in [2.45, 2.75) is 64.6 Å². The van der Waals surface area contributed by atoms with Crippen molar-refractivity contribution < 1.29 is 9.84 Å². The van der Waals surface area contributed by atoms with Crippen molar-refractivity contribution in [3.63, 3.8) is 0 Å². The molecule has 84 valence electrons. The predicted molar refractivity (Wildman–Crippen MR) is 58.3 cm³/mol. The summed E-state index contributed by atoms with van der Waals surface area (Å²) in [6.07, 6.45) is 5.95. The zero-order valence-corrected chi connectivity index (χ0v) is 9.75. The fourth-order valence-electron chi connectivity index (χ4n) is 2.05. The molecule has 0 bridgehead atoms. The third kappa shape index (κ3) is 4.97. The molecule has 1 saturated carbocycles. The highest BCUT2D eigenvalue weighted by Crippen LogP contribution is 2.28. The lowest BCUT2D eigenvalue weighted by atomic mass is 10.0. The molecule has 1 aliphatic carbocycles. The Morgan fingerprint density at radius 1 is 1.29 bits per heavy atom. The Bertz CT molecular complexity index is 154. The normalized spacial score (nSPS) is 21.4. The first-order chi connectivity index (χ1) is 6.47. The number of hydrogen-bond donors (Lipinski definition) is 1. The van der Waals surface area contributed by atoms with Crippen LogP contribution in [0.5, 0.6) is 0 Å². The lowest BCUT2D eigenvalue weighted by molar-refractivity contribution is -0.0539. The molecular weight excluding hydrogens is 176 g/mol. The van der Waals surface area contributed by atoms with Crippen LogP contribution in [0, 0.1) is 5.92 Å². The average Bonchev–Trinajstić information content (AvgIpc) is 2.52. The minimum atomic E-state index is -0.266. The summed E-state index contributed by atoms with van der Waals surface area (Å²) >= 11 is 0. The van der Waals surface area contributed by atoms with Crippen molar-refractivity contribution in [1.82, 2.24) is 0 Å². The summed E-state index contributed by atoms with van der Waals surface area (Å²) in [6, 6.07) is 0. The molecule has 0 aromatic carbocycles. The molecular formula is C12H24O2. The molecule has 0 amide bonds. The lowest BCUT2D eigenvalue weighted by Gasteiger charge is -2.23. The van der Waals surface area contributed by atoms with Gasteiger partial charge in [0.15, 0.2) is 0 Å². The van der Waals surface area contributed by atoms with Gasteiger partial charge >= 0.3 is 0 Å². The van der Waals surface area contributed by atoms with Crippen LogP contribution in [0.25, 0.3) is 0 Å². The molecule has 0 saturated heterocycles. The fraction of sp³-hybridized carbons (Fsp3) is 1.00. The van der Waals surface area contributed by atoms with E-state index in [9.17, 15) is 5.11 Å². The van der Waals surface area contributed by atoms with Crippen LogP contribution in [0.2, 0.25) is 0 Å². The van der Waals surface area contributed by atoms with Gasteiger partial charge in [-0.3, -0.25) is 0 Å². The van der Waals surface area contributed by atoms with Crippen molar-refractivity contribution >= 4 is 0 Å². The average molecular weight is 200 g/mol. The van der Waals surface area contributed by atoms with Crippen LogP contribution in [-0.2, 0) is 4.74 Å². The van der Waals surface area contributed by atoms with Crippen LogP contribution in [0.1, 0.15) is 52.9 Å². The monoisotopic (exact) mass is 200 g/mol. The van der Waals surface area contributed by atoms with Gasteiger partial charge in [0.05, 0.1) is 18.3 Å². The zero-order chi connectivity index (χ0) is 10.6. The van der Waals surface area contributed by atoms with E-state index < -0.39 is 0 Å². The number of aliphatic hydroxyl groups excluding tert-OH is 1. The maximum absolute atomic E-state index is 9.75. The van der Waals surface area contributed by atoms with Crippen molar-refractivity contribution in [3.05, 3.63) is 0 Å². The Hall–Kier alpha value is -0.0800. The molecule has 0 aromatic rings. The van der Waals surface area contributed by atoms with Gasteiger partial charge in [-0.05, 0) is 33.1 Å². The summed E-state index contributed by atoms with van der Waals surface area (Å²) in [5, 5.41) is 9.75. The summed E-state index contributed by atoms with van der Waals surface area (Å²) in [7, 11) is 0.